The second kappa shape index (κ2) is 4.77. The zero-order chi connectivity index (χ0) is 15.4. The monoisotopic (exact) mass is 304 g/mol. The fourth-order valence-corrected chi connectivity index (χ4v) is 4.76. The highest BCUT2D eigenvalue weighted by Crippen LogP contribution is 2.56. The minimum atomic E-state index is -0.435. The molecule has 0 bridgehead atoms. The van der Waals surface area contributed by atoms with Gasteiger partial charge in [-0.1, -0.05) is 18.2 Å². The number of carbonyl (C=O) groups is 2. The first-order valence-corrected chi connectivity index (χ1v) is 8.10. The van der Waals surface area contributed by atoms with Crippen molar-refractivity contribution in [3.63, 3.8) is 0 Å². The number of carbonyl (C=O) groups excluding carboxylic acids is 2. The standard InChI is InChI=1S/C16H20N2O2S/c1-9(2)17-13(19)12-16(3,4)21-15-11-8-6-5-7-10(11)14(20)18(12)15/h5-9,12,15H,1-4H3,(H,17,19)/t12-,15-/m1/s1. The highest BCUT2D eigenvalue weighted by atomic mass is 32.2. The summed E-state index contributed by atoms with van der Waals surface area (Å²) in [7, 11) is 0. The molecule has 0 aromatic heterocycles. The number of nitrogens with zero attached hydrogens (tertiary/aromatic N) is 1. The average Bonchev–Trinajstić information content (AvgIpc) is 2.81. The Labute approximate surface area is 129 Å². The van der Waals surface area contributed by atoms with Gasteiger partial charge in [-0.2, -0.15) is 0 Å². The Hall–Kier alpha value is -1.49. The summed E-state index contributed by atoms with van der Waals surface area (Å²) >= 11 is 1.69. The van der Waals surface area contributed by atoms with Gasteiger partial charge in [0.1, 0.15) is 11.4 Å². The van der Waals surface area contributed by atoms with Crippen molar-refractivity contribution in [3.8, 4) is 0 Å². The normalized spacial score (nSPS) is 26.0. The van der Waals surface area contributed by atoms with Gasteiger partial charge in [-0.05, 0) is 39.3 Å². The molecule has 0 saturated carbocycles. The Morgan fingerprint density at radius 2 is 2.00 bits per heavy atom. The largest absolute Gasteiger partial charge is 0.352 e. The van der Waals surface area contributed by atoms with Crippen LogP contribution in [0.5, 0.6) is 0 Å². The molecule has 2 aliphatic rings. The van der Waals surface area contributed by atoms with Crippen molar-refractivity contribution in [2.75, 3.05) is 0 Å². The van der Waals surface area contributed by atoms with Gasteiger partial charge < -0.3 is 10.2 Å². The fourth-order valence-electron chi connectivity index (χ4n) is 3.17. The van der Waals surface area contributed by atoms with Crippen LogP contribution in [0.2, 0.25) is 0 Å². The van der Waals surface area contributed by atoms with Crippen LogP contribution in [0.3, 0.4) is 0 Å². The molecule has 0 radical (unpaired) electrons. The second-order valence-corrected chi connectivity index (χ2v) is 8.17. The molecule has 2 aliphatic heterocycles. The van der Waals surface area contributed by atoms with E-state index in [1.165, 1.54) is 0 Å². The van der Waals surface area contributed by atoms with E-state index in [0.717, 1.165) is 11.1 Å². The van der Waals surface area contributed by atoms with E-state index in [9.17, 15) is 9.59 Å². The number of rotatable bonds is 2. The van der Waals surface area contributed by atoms with Gasteiger partial charge in [0.15, 0.2) is 0 Å². The van der Waals surface area contributed by atoms with Gasteiger partial charge >= 0.3 is 0 Å². The molecule has 2 atom stereocenters. The van der Waals surface area contributed by atoms with E-state index in [2.05, 4.69) is 5.32 Å². The van der Waals surface area contributed by atoms with Gasteiger partial charge in [0.2, 0.25) is 5.91 Å². The Kier molecular flexibility index (Phi) is 3.28. The third-order valence-corrected chi connectivity index (χ3v) is 5.51. The summed E-state index contributed by atoms with van der Waals surface area (Å²) in [4.78, 5) is 27.0. The number of hydrogen-bond acceptors (Lipinski definition) is 3. The maximum atomic E-state index is 12.7. The molecule has 1 fully saturated rings. The number of amides is 2. The Morgan fingerprint density at radius 3 is 2.67 bits per heavy atom. The van der Waals surface area contributed by atoms with Crippen LogP contribution in [0.4, 0.5) is 0 Å². The van der Waals surface area contributed by atoms with Crippen LogP contribution in [0, 0.1) is 0 Å². The predicted molar refractivity (Wildman–Crippen MR) is 84.1 cm³/mol. The predicted octanol–water partition coefficient (Wildman–Crippen LogP) is 2.56. The van der Waals surface area contributed by atoms with Crippen LogP contribution < -0.4 is 5.32 Å². The molecule has 1 aromatic carbocycles. The molecule has 21 heavy (non-hydrogen) atoms. The lowest BCUT2D eigenvalue weighted by molar-refractivity contribution is -0.126. The number of hydrogen-bond donors (Lipinski definition) is 1. The van der Waals surface area contributed by atoms with Gasteiger partial charge in [-0.3, -0.25) is 9.59 Å². The summed E-state index contributed by atoms with van der Waals surface area (Å²) in [5.74, 6) is -0.0938. The molecule has 5 heteroatoms. The minimum absolute atomic E-state index is 0.0300. The van der Waals surface area contributed by atoms with Crippen molar-refractivity contribution in [1.82, 2.24) is 10.2 Å². The van der Waals surface area contributed by atoms with Crippen molar-refractivity contribution in [2.45, 2.75) is 49.9 Å². The summed E-state index contributed by atoms with van der Waals surface area (Å²) in [6.07, 6.45) is 0. The van der Waals surface area contributed by atoms with Crippen LogP contribution in [0.25, 0.3) is 0 Å². The van der Waals surface area contributed by atoms with E-state index in [0.29, 0.717) is 0 Å². The summed E-state index contributed by atoms with van der Waals surface area (Å²) in [5.41, 5.74) is 1.76. The van der Waals surface area contributed by atoms with Crippen molar-refractivity contribution >= 4 is 23.6 Å². The molecule has 0 unspecified atom stereocenters. The zero-order valence-electron chi connectivity index (χ0n) is 12.7. The molecule has 4 nitrogen and oxygen atoms in total. The fraction of sp³-hybridized carbons (Fsp3) is 0.500. The van der Waals surface area contributed by atoms with E-state index < -0.39 is 6.04 Å². The molecular weight excluding hydrogens is 284 g/mol. The lowest BCUT2D eigenvalue weighted by Gasteiger charge is -2.30. The number of thioether (sulfide) groups is 1. The summed E-state index contributed by atoms with van der Waals surface area (Å²) in [6, 6.07) is 7.29. The van der Waals surface area contributed by atoms with Gasteiger partial charge in [0.05, 0.1) is 0 Å². The summed E-state index contributed by atoms with van der Waals surface area (Å²) in [6.45, 7) is 7.95. The highest BCUT2D eigenvalue weighted by molar-refractivity contribution is 8.01. The van der Waals surface area contributed by atoms with Gasteiger partial charge in [-0.15, -0.1) is 11.8 Å². The smallest absolute Gasteiger partial charge is 0.256 e. The number of benzene rings is 1. The first kappa shape index (κ1) is 14.4. The third kappa shape index (κ3) is 2.14. The van der Waals surface area contributed by atoms with E-state index in [1.54, 1.807) is 16.7 Å². The van der Waals surface area contributed by atoms with Crippen LogP contribution in [0.1, 0.15) is 49.0 Å². The minimum Gasteiger partial charge on any atom is -0.352 e. The van der Waals surface area contributed by atoms with Crippen LogP contribution in [-0.2, 0) is 4.79 Å². The molecule has 112 valence electrons. The molecule has 0 aliphatic carbocycles. The topological polar surface area (TPSA) is 49.4 Å². The molecule has 3 rings (SSSR count). The van der Waals surface area contributed by atoms with Crippen LogP contribution in [0.15, 0.2) is 24.3 Å². The van der Waals surface area contributed by atoms with Crippen molar-refractivity contribution in [1.29, 1.82) is 0 Å². The number of fused-ring (bicyclic) bond motifs is 3. The van der Waals surface area contributed by atoms with E-state index in [1.807, 2.05) is 52.0 Å². The molecule has 2 amide bonds. The third-order valence-electron chi connectivity index (χ3n) is 3.98. The first-order valence-electron chi connectivity index (χ1n) is 7.22. The molecule has 1 saturated heterocycles. The average molecular weight is 304 g/mol. The van der Waals surface area contributed by atoms with E-state index >= 15 is 0 Å². The number of nitrogens with one attached hydrogen (secondary N) is 1. The summed E-state index contributed by atoms with van der Waals surface area (Å²) in [5, 5.41) is 2.90. The SMILES string of the molecule is CC(C)NC(=O)[C@H]1N2C(=O)c3ccccc3[C@H]2SC1(C)C. The maximum absolute atomic E-state index is 12.7. The van der Waals surface area contributed by atoms with E-state index in [-0.39, 0.29) is 28.0 Å². The van der Waals surface area contributed by atoms with Crippen LogP contribution >= 0.6 is 11.8 Å². The van der Waals surface area contributed by atoms with Crippen molar-refractivity contribution < 1.29 is 9.59 Å². The first-order chi connectivity index (χ1) is 9.83. The van der Waals surface area contributed by atoms with Gasteiger partial charge in [-0.25, -0.2) is 0 Å². The summed E-state index contributed by atoms with van der Waals surface area (Å²) < 4.78 is -0.299. The van der Waals surface area contributed by atoms with Crippen molar-refractivity contribution in [2.24, 2.45) is 0 Å². The lowest BCUT2D eigenvalue weighted by atomic mass is 10.0. The molecular formula is C16H20N2O2S. The Balaban J connectivity index is 2.00. The van der Waals surface area contributed by atoms with E-state index in [4.69, 9.17) is 0 Å². The van der Waals surface area contributed by atoms with Gasteiger partial charge in [0.25, 0.3) is 5.91 Å². The van der Waals surface area contributed by atoms with Gasteiger partial charge in [0, 0.05) is 16.4 Å². The van der Waals surface area contributed by atoms with Crippen molar-refractivity contribution in [3.05, 3.63) is 35.4 Å². The molecule has 1 aromatic rings. The van der Waals surface area contributed by atoms with Crippen LogP contribution in [-0.4, -0.2) is 33.5 Å². The maximum Gasteiger partial charge on any atom is 0.256 e. The Bertz CT molecular complexity index is 612. The molecule has 0 spiro atoms. The second-order valence-electron chi connectivity index (χ2n) is 6.44. The zero-order valence-corrected chi connectivity index (χ0v) is 13.5. The lowest BCUT2D eigenvalue weighted by Crippen LogP contribution is -2.53. The molecule has 2 heterocycles. The quantitative estimate of drug-likeness (QED) is 0.913. The molecule has 1 N–H and O–H groups in total. The Morgan fingerprint density at radius 1 is 1.33 bits per heavy atom. The highest BCUT2D eigenvalue weighted by Gasteiger charge is 2.57.